The lowest BCUT2D eigenvalue weighted by molar-refractivity contribution is -0.123. The minimum absolute atomic E-state index is 0.0112. The van der Waals surface area contributed by atoms with Crippen molar-refractivity contribution in [3.8, 4) is 0 Å². The number of amides is 2. The Kier molecular flexibility index (Phi) is 6.98. The Labute approximate surface area is 171 Å². The first-order chi connectivity index (χ1) is 14.1. The zero-order valence-corrected chi connectivity index (χ0v) is 16.9. The number of benzene rings is 3. The lowest BCUT2D eigenvalue weighted by Crippen LogP contribution is -2.39. The first kappa shape index (κ1) is 20.6. The van der Waals surface area contributed by atoms with Gasteiger partial charge in [0.25, 0.3) is 0 Å². The number of hydrogen-bond donors (Lipinski definition) is 3. The van der Waals surface area contributed by atoms with Gasteiger partial charge < -0.3 is 16.0 Å². The lowest BCUT2D eigenvalue weighted by Gasteiger charge is -2.16. The van der Waals surface area contributed by atoms with E-state index in [0.29, 0.717) is 0 Å². The SMILES string of the molecule is CCc1ccccc1NC(=O)CNC(=O)CN[C@H](C)c1cccc2ccccc12. The standard InChI is InChI=1S/C24H27N3O2/c1-3-18-9-5-7-14-22(18)27-24(29)16-26-23(28)15-25-17(2)20-13-8-11-19-10-4-6-12-21(19)20/h4-14,17,25H,3,15-16H2,1-2H3,(H,26,28)(H,27,29)/t17-/m1/s1. The van der Waals surface area contributed by atoms with E-state index in [4.69, 9.17) is 0 Å². The molecule has 3 N–H and O–H groups in total. The van der Waals surface area contributed by atoms with Crippen LogP contribution in [0.4, 0.5) is 5.69 Å². The fourth-order valence-corrected chi connectivity index (χ4v) is 3.37. The summed E-state index contributed by atoms with van der Waals surface area (Å²) < 4.78 is 0. The van der Waals surface area contributed by atoms with Crippen molar-refractivity contribution in [3.63, 3.8) is 0 Å². The maximum absolute atomic E-state index is 12.2. The minimum Gasteiger partial charge on any atom is -0.346 e. The Morgan fingerprint density at radius 1 is 0.862 bits per heavy atom. The molecule has 3 rings (SSSR count). The number of hydrogen-bond acceptors (Lipinski definition) is 3. The molecule has 3 aromatic rings. The maximum atomic E-state index is 12.2. The normalized spacial score (nSPS) is 11.8. The van der Waals surface area contributed by atoms with Crippen LogP contribution in [0.1, 0.15) is 31.0 Å². The van der Waals surface area contributed by atoms with Gasteiger partial charge in [0.1, 0.15) is 0 Å². The Morgan fingerprint density at radius 2 is 1.59 bits per heavy atom. The average Bonchev–Trinajstić information content (AvgIpc) is 2.76. The van der Waals surface area contributed by atoms with Crippen LogP contribution in [0.15, 0.2) is 66.7 Å². The van der Waals surface area contributed by atoms with Gasteiger partial charge in [-0.2, -0.15) is 0 Å². The van der Waals surface area contributed by atoms with E-state index in [0.717, 1.165) is 23.2 Å². The van der Waals surface area contributed by atoms with E-state index in [1.807, 2.05) is 56.3 Å². The fourth-order valence-electron chi connectivity index (χ4n) is 3.37. The summed E-state index contributed by atoms with van der Waals surface area (Å²) in [5, 5.41) is 11.1. The van der Waals surface area contributed by atoms with Crippen LogP contribution in [-0.4, -0.2) is 24.9 Å². The molecule has 0 aliphatic rings. The van der Waals surface area contributed by atoms with Crippen molar-refractivity contribution in [2.75, 3.05) is 18.4 Å². The van der Waals surface area contributed by atoms with Crippen molar-refractivity contribution in [1.29, 1.82) is 0 Å². The third-order valence-electron chi connectivity index (χ3n) is 4.98. The van der Waals surface area contributed by atoms with Crippen molar-refractivity contribution >= 4 is 28.3 Å². The molecule has 0 heterocycles. The molecule has 150 valence electrons. The maximum Gasteiger partial charge on any atom is 0.243 e. The highest BCUT2D eigenvalue weighted by atomic mass is 16.2. The molecule has 0 aliphatic carbocycles. The van der Waals surface area contributed by atoms with Gasteiger partial charge in [-0.3, -0.25) is 9.59 Å². The zero-order valence-electron chi connectivity index (χ0n) is 16.9. The molecule has 0 aliphatic heterocycles. The zero-order chi connectivity index (χ0) is 20.6. The Morgan fingerprint density at radius 3 is 2.41 bits per heavy atom. The van der Waals surface area contributed by atoms with Crippen LogP contribution in [-0.2, 0) is 16.0 Å². The molecular formula is C24H27N3O2. The number of fused-ring (bicyclic) bond motifs is 1. The number of aryl methyl sites for hydroxylation is 1. The van der Waals surface area contributed by atoms with Crippen molar-refractivity contribution in [2.45, 2.75) is 26.3 Å². The fraction of sp³-hybridized carbons (Fsp3) is 0.250. The quantitative estimate of drug-likeness (QED) is 0.549. The van der Waals surface area contributed by atoms with Crippen molar-refractivity contribution < 1.29 is 9.59 Å². The predicted octanol–water partition coefficient (Wildman–Crippen LogP) is 3.81. The van der Waals surface area contributed by atoms with Gasteiger partial charge in [-0.15, -0.1) is 0 Å². The van der Waals surface area contributed by atoms with Gasteiger partial charge in [-0.05, 0) is 41.3 Å². The van der Waals surface area contributed by atoms with E-state index >= 15 is 0 Å². The van der Waals surface area contributed by atoms with Crippen molar-refractivity contribution in [1.82, 2.24) is 10.6 Å². The minimum atomic E-state index is -0.235. The molecule has 0 bridgehead atoms. The van der Waals surface area contributed by atoms with E-state index in [2.05, 4.69) is 40.2 Å². The van der Waals surface area contributed by atoms with Gasteiger partial charge in [0.15, 0.2) is 0 Å². The third kappa shape index (κ3) is 5.42. The summed E-state index contributed by atoms with van der Waals surface area (Å²) in [6.45, 7) is 4.16. The molecule has 0 saturated carbocycles. The number of carbonyl (C=O) groups excluding carboxylic acids is 2. The molecule has 3 aromatic carbocycles. The molecule has 2 amide bonds. The summed E-state index contributed by atoms with van der Waals surface area (Å²) in [6, 6.07) is 22.0. The van der Waals surface area contributed by atoms with Crippen LogP contribution in [0, 0.1) is 0 Å². The molecule has 0 aromatic heterocycles. The first-order valence-corrected chi connectivity index (χ1v) is 9.94. The van der Waals surface area contributed by atoms with Gasteiger partial charge in [0, 0.05) is 11.7 Å². The number of rotatable bonds is 8. The van der Waals surface area contributed by atoms with Crippen molar-refractivity contribution in [3.05, 3.63) is 77.9 Å². The monoisotopic (exact) mass is 389 g/mol. The van der Waals surface area contributed by atoms with Crippen LogP contribution >= 0.6 is 0 Å². The Balaban J connectivity index is 1.49. The highest BCUT2D eigenvalue weighted by Gasteiger charge is 2.12. The average molecular weight is 389 g/mol. The lowest BCUT2D eigenvalue weighted by atomic mass is 10.00. The van der Waals surface area contributed by atoms with Gasteiger partial charge in [-0.25, -0.2) is 0 Å². The molecule has 0 fully saturated rings. The van der Waals surface area contributed by atoms with Gasteiger partial charge >= 0.3 is 0 Å². The second-order valence-corrected chi connectivity index (χ2v) is 7.01. The van der Waals surface area contributed by atoms with E-state index < -0.39 is 0 Å². The number of anilines is 1. The molecular weight excluding hydrogens is 362 g/mol. The van der Waals surface area contributed by atoms with Gasteiger partial charge in [-0.1, -0.05) is 67.6 Å². The van der Waals surface area contributed by atoms with Crippen LogP contribution in [0.25, 0.3) is 10.8 Å². The molecule has 0 spiro atoms. The van der Waals surface area contributed by atoms with E-state index in [1.54, 1.807) is 0 Å². The highest BCUT2D eigenvalue weighted by Crippen LogP contribution is 2.23. The number of nitrogens with one attached hydrogen (secondary N) is 3. The third-order valence-corrected chi connectivity index (χ3v) is 4.98. The molecule has 0 saturated heterocycles. The van der Waals surface area contributed by atoms with E-state index in [1.165, 1.54) is 10.8 Å². The van der Waals surface area contributed by atoms with Gasteiger partial charge in [0.2, 0.25) is 11.8 Å². The molecule has 5 heteroatoms. The highest BCUT2D eigenvalue weighted by molar-refractivity contribution is 5.95. The molecule has 1 atom stereocenters. The first-order valence-electron chi connectivity index (χ1n) is 9.94. The second-order valence-electron chi connectivity index (χ2n) is 7.01. The van der Waals surface area contributed by atoms with Crippen molar-refractivity contribution in [2.24, 2.45) is 0 Å². The van der Waals surface area contributed by atoms with E-state index in [-0.39, 0.29) is 30.9 Å². The number of para-hydroxylation sites is 1. The summed E-state index contributed by atoms with van der Waals surface area (Å²) in [6.07, 6.45) is 0.832. The Bertz CT molecular complexity index is 995. The second kappa shape index (κ2) is 9.85. The summed E-state index contributed by atoms with van der Waals surface area (Å²) in [4.78, 5) is 24.3. The summed E-state index contributed by atoms with van der Waals surface area (Å²) in [5.41, 5.74) is 3.00. The Hall–Kier alpha value is -3.18. The van der Waals surface area contributed by atoms with Crippen LogP contribution < -0.4 is 16.0 Å². The summed E-state index contributed by atoms with van der Waals surface area (Å²) in [5.74, 6) is -0.447. The van der Waals surface area contributed by atoms with Crippen LogP contribution in [0.3, 0.4) is 0 Å². The molecule has 29 heavy (non-hydrogen) atoms. The van der Waals surface area contributed by atoms with E-state index in [9.17, 15) is 9.59 Å². The smallest absolute Gasteiger partial charge is 0.243 e. The molecule has 0 unspecified atom stereocenters. The van der Waals surface area contributed by atoms with Gasteiger partial charge in [0.05, 0.1) is 13.1 Å². The number of carbonyl (C=O) groups is 2. The predicted molar refractivity (Wildman–Crippen MR) is 118 cm³/mol. The van der Waals surface area contributed by atoms with Crippen LogP contribution in [0.5, 0.6) is 0 Å². The summed E-state index contributed by atoms with van der Waals surface area (Å²) >= 11 is 0. The largest absolute Gasteiger partial charge is 0.346 e. The topological polar surface area (TPSA) is 70.2 Å². The van der Waals surface area contributed by atoms with Crippen LogP contribution in [0.2, 0.25) is 0 Å². The molecule has 0 radical (unpaired) electrons. The molecule has 5 nitrogen and oxygen atoms in total. The summed E-state index contributed by atoms with van der Waals surface area (Å²) in [7, 11) is 0.